The van der Waals surface area contributed by atoms with Crippen LogP contribution in [0.15, 0.2) is 54.7 Å². The maximum atomic E-state index is 5.13. The Kier molecular flexibility index (Phi) is 3.82. The first-order chi connectivity index (χ1) is 9.38. The van der Waals surface area contributed by atoms with Crippen molar-refractivity contribution in [1.29, 1.82) is 0 Å². The van der Waals surface area contributed by atoms with E-state index in [1.54, 1.807) is 0 Å². The quantitative estimate of drug-likeness (QED) is 0.387. The van der Waals surface area contributed by atoms with Crippen molar-refractivity contribution < 1.29 is 26.0 Å². The minimum absolute atomic E-state index is 0.206. The van der Waals surface area contributed by atoms with Crippen molar-refractivity contribution >= 4 is 10.8 Å². The summed E-state index contributed by atoms with van der Waals surface area (Å²) in [4.78, 5) is 8.04. The second-order valence-electron chi connectivity index (χ2n) is 4.17. The number of aromatic nitrogens is 1. The van der Waals surface area contributed by atoms with Crippen LogP contribution in [-0.4, -0.2) is 9.60 Å². The summed E-state index contributed by atoms with van der Waals surface area (Å²) in [6, 6.07) is 17.1. The number of rotatable bonds is 4. The molecule has 1 aromatic heterocycles. The Hall–Kier alpha value is -1.37. The first kappa shape index (κ1) is 12.7. The molecule has 2 aromatic carbocycles. The fourth-order valence-corrected chi connectivity index (χ4v) is 3.92. The van der Waals surface area contributed by atoms with Crippen molar-refractivity contribution in [2.45, 2.75) is 0 Å². The second-order valence-corrected chi connectivity index (χ2v) is 6.72. The molecule has 0 aliphatic carbocycles. The Morgan fingerprint density at radius 2 is 1.89 bits per heavy atom. The summed E-state index contributed by atoms with van der Waals surface area (Å²) >= 11 is -0.206. The van der Waals surface area contributed by atoms with E-state index >= 15 is 0 Å². The summed E-state index contributed by atoms with van der Waals surface area (Å²) < 4.78 is 1.97. The van der Waals surface area contributed by atoms with Gasteiger partial charge in [-0.25, -0.2) is 0 Å². The molecule has 0 saturated carbocycles. The van der Waals surface area contributed by atoms with Crippen molar-refractivity contribution in [3.8, 4) is 11.3 Å². The summed E-state index contributed by atoms with van der Waals surface area (Å²) in [5.74, 6) is 5.13. The van der Waals surface area contributed by atoms with Gasteiger partial charge in [-0.1, -0.05) is 0 Å². The monoisotopic (exact) mass is 365 g/mol. The van der Waals surface area contributed by atoms with Crippen LogP contribution in [0.5, 0.6) is 0 Å². The number of fused-ring (bicyclic) bond motifs is 1. The molecular weight excluding hydrogens is 351 g/mol. The van der Waals surface area contributed by atoms with E-state index in [0.29, 0.717) is 4.61 Å². The summed E-state index contributed by atoms with van der Waals surface area (Å²) in [6.45, 7) is 0. The van der Waals surface area contributed by atoms with Crippen LogP contribution in [-0.2, 0) is 4.84 Å². The molecule has 0 bridgehead atoms. The Morgan fingerprint density at radius 3 is 2.74 bits per heavy atom. The molecule has 0 atom stereocenters. The van der Waals surface area contributed by atoms with Crippen molar-refractivity contribution in [3.63, 3.8) is 0 Å². The molecule has 0 aliphatic heterocycles. The van der Waals surface area contributed by atoms with Gasteiger partial charge in [-0.15, -0.1) is 0 Å². The molecule has 3 aromatic rings. The number of H-pyrrole nitrogens is 1. The molecule has 0 spiro atoms. The molecule has 0 amide bonds. The van der Waals surface area contributed by atoms with E-state index < -0.39 is 0 Å². The molecule has 0 saturated heterocycles. The Labute approximate surface area is 122 Å². The third-order valence-electron chi connectivity index (χ3n) is 3.00. The van der Waals surface area contributed by atoms with Crippen LogP contribution in [0.2, 0.25) is 0 Å². The van der Waals surface area contributed by atoms with Gasteiger partial charge >= 0.3 is 122 Å². The predicted octanol–water partition coefficient (Wildman–Crippen LogP) is -0.0587. The maximum absolute atomic E-state index is 5.13. The summed E-state index contributed by atoms with van der Waals surface area (Å²) in [6.07, 6.45) is 1.98. The van der Waals surface area contributed by atoms with E-state index in [1.165, 1.54) is 25.6 Å². The zero-order chi connectivity index (χ0) is 13.1. The predicted molar refractivity (Wildman–Crippen MR) is 72.6 cm³/mol. The van der Waals surface area contributed by atoms with Gasteiger partial charge in [-0.3, -0.25) is 0 Å². The van der Waals surface area contributed by atoms with Gasteiger partial charge in [0.2, 0.25) is 0 Å². The molecule has 0 fully saturated rings. The molecule has 19 heavy (non-hydrogen) atoms. The van der Waals surface area contributed by atoms with Gasteiger partial charge in [-0.05, 0) is 0 Å². The first-order valence-corrected chi connectivity index (χ1v) is 8.56. The number of nitrogens with two attached hydrogens (primary N) is 1. The SMILES string of the molecule is NOC[I-]c1cc[nH]c1-c1ccc2ccccc2c1. The Balaban J connectivity index is 2.01. The standard InChI is InChI=1S/C15H14IN2O/c17-19-10-16-14-7-8-18-15(14)13-6-5-11-3-1-2-4-12(11)9-13/h1-9,18H,10,17H2/q-1. The van der Waals surface area contributed by atoms with Gasteiger partial charge in [0.1, 0.15) is 0 Å². The molecule has 4 heteroatoms. The molecular formula is C15H14IN2O-. The molecule has 98 valence electrons. The van der Waals surface area contributed by atoms with Crippen LogP contribution in [0.1, 0.15) is 0 Å². The fraction of sp³-hybridized carbons (Fsp3) is 0.0667. The van der Waals surface area contributed by atoms with Crippen molar-refractivity contribution in [2.24, 2.45) is 5.90 Å². The Morgan fingerprint density at radius 1 is 1.05 bits per heavy atom. The third kappa shape index (κ3) is 2.65. The van der Waals surface area contributed by atoms with Gasteiger partial charge in [0.25, 0.3) is 0 Å². The van der Waals surface area contributed by atoms with Gasteiger partial charge in [-0.2, -0.15) is 0 Å². The molecule has 1 heterocycles. The number of hydrogen-bond donors (Lipinski definition) is 2. The van der Waals surface area contributed by atoms with E-state index in [1.807, 2.05) is 6.20 Å². The molecule has 0 radical (unpaired) electrons. The van der Waals surface area contributed by atoms with Crippen LogP contribution < -0.4 is 27.1 Å². The van der Waals surface area contributed by atoms with Gasteiger partial charge in [0.05, 0.1) is 0 Å². The van der Waals surface area contributed by atoms with Gasteiger partial charge in [0.15, 0.2) is 0 Å². The molecule has 3 nitrogen and oxygen atoms in total. The number of alkyl halides is 1. The van der Waals surface area contributed by atoms with E-state index in [4.69, 9.17) is 10.7 Å². The third-order valence-corrected chi connectivity index (χ3v) is 5.39. The van der Waals surface area contributed by atoms with Crippen molar-refractivity contribution in [1.82, 2.24) is 4.98 Å². The van der Waals surface area contributed by atoms with Gasteiger partial charge in [0, 0.05) is 0 Å². The van der Waals surface area contributed by atoms with E-state index in [9.17, 15) is 0 Å². The Bertz CT molecular complexity index is 693. The molecule has 3 rings (SSSR count). The number of hydrogen-bond acceptors (Lipinski definition) is 2. The minimum atomic E-state index is -0.206. The van der Waals surface area contributed by atoms with E-state index in [0.717, 1.165) is 0 Å². The summed E-state index contributed by atoms with van der Waals surface area (Å²) in [5, 5.41) is 2.52. The van der Waals surface area contributed by atoms with E-state index in [-0.39, 0.29) is 21.2 Å². The molecule has 0 unspecified atom stereocenters. The van der Waals surface area contributed by atoms with E-state index in [2.05, 4.69) is 53.5 Å². The normalized spacial score (nSPS) is 11.2. The first-order valence-electron chi connectivity index (χ1n) is 5.96. The average molecular weight is 365 g/mol. The number of halogens is 1. The number of nitrogens with one attached hydrogen (secondary N) is 1. The zero-order valence-corrected chi connectivity index (χ0v) is 12.4. The second kappa shape index (κ2) is 5.73. The van der Waals surface area contributed by atoms with Crippen LogP contribution in [0, 0.1) is 3.57 Å². The zero-order valence-electron chi connectivity index (χ0n) is 10.3. The average Bonchev–Trinajstić information content (AvgIpc) is 2.93. The fourth-order valence-electron chi connectivity index (χ4n) is 2.12. The van der Waals surface area contributed by atoms with Crippen LogP contribution >= 0.6 is 0 Å². The topological polar surface area (TPSA) is 51.0 Å². The van der Waals surface area contributed by atoms with Crippen LogP contribution in [0.25, 0.3) is 22.0 Å². The molecule has 3 N–H and O–H groups in total. The van der Waals surface area contributed by atoms with Crippen molar-refractivity contribution in [3.05, 3.63) is 58.3 Å². The number of aromatic amines is 1. The van der Waals surface area contributed by atoms with Gasteiger partial charge < -0.3 is 0 Å². The van der Waals surface area contributed by atoms with Crippen LogP contribution in [0.3, 0.4) is 0 Å². The van der Waals surface area contributed by atoms with Crippen molar-refractivity contribution in [2.75, 3.05) is 4.61 Å². The summed E-state index contributed by atoms with van der Waals surface area (Å²) in [7, 11) is 0. The number of benzene rings is 2. The summed E-state index contributed by atoms with van der Waals surface area (Å²) in [5.41, 5.74) is 2.41. The molecule has 0 aliphatic rings. The van der Waals surface area contributed by atoms with Crippen LogP contribution in [0.4, 0.5) is 0 Å².